The van der Waals surface area contributed by atoms with Crippen LogP contribution in [0.25, 0.3) is 0 Å². The van der Waals surface area contributed by atoms with Crippen LogP contribution in [0.5, 0.6) is 0 Å². The Morgan fingerprint density at radius 3 is 3.18 bits per heavy atom. The van der Waals surface area contributed by atoms with Crippen LogP contribution in [0.3, 0.4) is 0 Å². The van der Waals surface area contributed by atoms with Crippen molar-refractivity contribution in [2.45, 2.75) is 39.3 Å². The highest BCUT2D eigenvalue weighted by Crippen LogP contribution is 2.12. The monoisotopic (exact) mass is 233 g/mol. The Balaban J connectivity index is 1.98. The molecule has 0 spiro atoms. The highest BCUT2D eigenvalue weighted by molar-refractivity contribution is 5.77. The molecule has 0 saturated carbocycles. The molecule has 92 valence electrons. The van der Waals surface area contributed by atoms with Gasteiger partial charge in [0.25, 0.3) is 0 Å². The largest absolute Gasteiger partial charge is 0.336 e. The standard InChI is InChI=1S/C13H19N3O/c1-2-3-4-6-13(17)15-7-5-8-16-11-14-9-12(16)10-15/h3-4,9,11H,2,5-8,10H2,1H3. The van der Waals surface area contributed by atoms with E-state index < -0.39 is 0 Å². The SMILES string of the molecule is CCC=CCC(=O)N1CCCn2cncc2C1. The Labute approximate surface area is 102 Å². The number of aryl methyl sites for hydroxylation is 1. The van der Waals surface area contributed by atoms with Gasteiger partial charge in [0, 0.05) is 25.7 Å². The molecule has 4 heteroatoms. The minimum absolute atomic E-state index is 0.212. The van der Waals surface area contributed by atoms with Crippen molar-refractivity contribution >= 4 is 5.91 Å². The van der Waals surface area contributed by atoms with Crippen molar-refractivity contribution in [3.8, 4) is 0 Å². The third kappa shape index (κ3) is 2.96. The van der Waals surface area contributed by atoms with E-state index in [-0.39, 0.29) is 5.91 Å². The first-order valence-corrected chi connectivity index (χ1v) is 6.23. The molecule has 4 nitrogen and oxygen atoms in total. The number of amides is 1. The third-order valence-corrected chi connectivity index (χ3v) is 3.03. The Morgan fingerprint density at radius 2 is 2.35 bits per heavy atom. The van der Waals surface area contributed by atoms with Gasteiger partial charge in [-0.1, -0.05) is 19.1 Å². The van der Waals surface area contributed by atoms with Gasteiger partial charge in [0.15, 0.2) is 0 Å². The molecule has 0 N–H and O–H groups in total. The van der Waals surface area contributed by atoms with E-state index in [2.05, 4.69) is 16.5 Å². The number of nitrogens with zero attached hydrogens (tertiary/aromatic N) is 3. The van der Waals surface area contributed by atoms with Crippen LogP contribution in [0.15, 0.2) is 24.7 Å². The molecule has 0 radical (unpaired) electrons. The Kier molecular flexibility index (Phi) is 3.96. The summed E-state index contributed by atoms with van der Waals surface area (Å²) in [6.07, 6.45) is 10.2. The summed E-state index contributed by atoms with van der Waals surface area (Å²) in [6, 6.07) is 0. The Morgan fingerprint density at radius 1 is 1.47 bits per heavy atom. The van der Waals surface area contributed by atoms with E-state index in [1.165, 1.54) is 0 Å². The van der Waals surface area contributed by atoms with Gasteiger partial charge in [-0.2, -0.15) is 0 Å². The summed E-state index contributed by atoms with van der Waals surface area (Å²) in [6.45, 7) is 4.58. The summed E-state index contributed by atoms with van der Waals surface area (Å²) in [7, 11) is 0. The zero-order chi connectivity index (χ0) is 12.1. The van der Waals surface area contributed by atoms with E-state index in [0.717, 1.165) is 31.6 Å². The molecular weight excluding hydrogens is 214 g/mol. The number of carbonyl (C=O) groups is 1. The van der Waals surface area contributed by atoms with E-state index in [9.17, 15) is 4.79 Å². The molecule has 0 atom stereocenters. The maximum absolute atomic E-state index is 12.0. The predicted molar refractivity (Wildman–Crippen MR) is 66.3 cm³/mol. The van der Waals surface area contributed by atoms with Crippen LogP contribution in [0.4, 0.5) is 0 Å². The van der Waals surface area contributed by atoms with E-state index in [0.29, 0.717) is 13.0 Å². The molecule has 2 heterocycles. The molecule has 0 aliphatic carbocycles. The lowest BCUT2D eigenvalue weighted by atomic mass is 10.3. The second-order valence-electron chi connectivity index (χ2n) is 4.33. The van der Waals surface area contributed by atoms with Gasteiger partial charge in [-0.25, -0.2) is 4.98 Å². The van der Waals surface area contributed by atoms with Gasteiger partial charge in [-0.05, 0) is 12.8 Å². The van der Waals surface area contributed by atoms with Crippen molar-refractivity contribution < 1.29 is 4.79 Å². The lowest BCUT2D eigenvalue weighted by Crippen LogP contribution is -2.30. The average molecular weight is 233 g/mol. The van der Waals surface area contributed by atoms with Gasteiger partial charge in [-0.3, -0.25) is 4.79 Å². The second-order valence-corrected chi connectivity index (χ2v) is 4.33. The summed E-state index contributed by atoms with van der Waals surface area (Å²) in [5.74, 6) is 0.212. The fraction of sp³-hybridized carbons (Fsp3) is 0.538. The topological polar surface area (TPSA) is 38.1 Å². The fourth-order valence-corrected chi connectivity index (χ4v) is 2.08. The molecule has 1 aliphatic rings. The molecule has 0 aromatic carbocycles. The highest BCUT2D eigenvalue weighted by Gasteiger charge is 2.17. The second kappa shape index (κ2) is 5.66. The predicted octanol–water partition coefficient (Wildman–Crippen LogP) is 1.97. The van der Waals surface area contributed by atoms with Crippen molar-refractivity contribution in [1.82, 2.24) is 14.5 Å². The van der Waals surface area contributed by atoms with Crippen LogP contribution in [-0.4, -0.2) is 26.9 Å². The van der Waals surface area contributed by atoms with E-state index in [1.807, 2.05) is 29.6 Å². The van der Waals surface area contributed by atoms with Crippen molar-refractivity contribution in [1.29, 1.82) is 0 Å². The van der Waals surface area contributed by atoms with Crippen molar-refractivity contribution in [3.05, 3.63) is 30.4 Å². The molecule has 2 rings (SSSR count). The van der Waals surface area contributed by atoms with Crippen molar-refractivity contribution in [3.63, 3.8) is 0 Å². The normalized spacial score (nSPS) is 15.9. The number of imidazole rings is 1. The number of fused-ring (bicyclic) bond motifs is 1. The van der Waals surface area contributed by atoms with Gasteiger partial charge in [-0.15, -0.1) is 0 Å². The van der Waals surface area contributed by atoms with Crippen LogP contribution < -0.4 is 0 Å². The molecule has 0 bridgehead atoms. The van der Waals surface area contributed by atoms with Crippen LogP contribution >= 0.6 is 0 Å². The first kappa shape index (κ1) is 11.9. The summed E-state index contributed by atoms with van der Waals surface area (Å²) in [5.41, 5.74) is 1.13. The Hall–Kier alpha value is -1.58. The lowest BCUT2D eigenvalue weighted by Gasteiger charge is -2.19. The molecule has 1 aliphatic heterocycles. The maximum atomic E-state index is 12.0. The smallest absolute Gasteiger partial charge is 0.226 e. The third-order valence-electron chi connectivity index (χ3n) is 3.03. The molecule has 0 unspecified atom stereocenters. The molecular formula is C13H19N3O. The zero-order valence-corrected chi connectivity index (χ0v) is 10.3. The quantitative estimate of drug-likeness (QED) is 0.749. The number of allylic oxidation sites excluding steroid dienone is 1. The molecule has 17 heavy (non-hydrogen) atoms. The molecule has 1 aromatic rings. The fourth-order valence-electron chi connectivity index (χ4n) is 2.08. The lowest BCUT2D eigenvalue weighted by molar-refractivity contribution is -0.130. The van der Waals surface area contributed by atoms with Crippen LogP contribution in [-0.2, 0) is 17.9 Å². The molecule has 1 aromatic heterocycles. The van der Waals surface area contributed by atoms with E-state index in [4.69, 9.17) is 0 Å². The first-order chi connectivity index (χ1) is 8.31. The highest BCUT2D eigenvalue weighted by atomic mass is 16.2. The van der Waals surface area contributed by atoms with E-state index >= 15 is 0 Å². The zero-order valence-electron chi connectivity index (χ0n) is 10.3. The summed E-state index contributed by atoms with van der Waals surface area (Å²) in [5, 5.41) is 0. The number of hydrogen-bond acceptors (Lipinski definition) is 2. The maximum Gasteiger partial charge on any atom is 0.226 e. The summed E-state index contributed by atoms with van der Waals surface area (Å²) >= 11 is 0. The number of carbonyl (C=O) groups excluding carboxylic acids is 1. The number of rotatable bonds is 3. The first-order valence-electron chi connectivity index (χ1n) is 6.23. The minimum Gasteiger partial charge on any atom is -0.336 e. The Bertz CT molecular complexity index is 409. The number of hydrogen-bond donors (Lipinski definition) is 0. The van der Waals surface area contributed by atoms with Gasteiger partial charge in [0.05, 0.1) is 18.6 Å². The van der Waals surface area contributed by atoms with Gasteiger partial charge in [0.2, 0.25) is 5.91 Å². The van der Waals surface area contributed by atoms with E-state index in [1.54, 1.807) is 0 Å². The summed E-state index contributed by atoms with van der Waals surface area (Å²) < 4.78 is 2.13. The van der Waals surface area contributed by atoms with Crippen molar-refractivity contribution in [2.75, 3.05) is 6.54 Å². The van der Waals surface area contributed by atoms with Crippen LogP contribution in [0, 0.1) is 0 Å². The van der Waals surface area contributed by atoms with Crippen LogP contribution in [0.2, 0.25) is 0 Å². The average Bonchev–Trinajstić information content (AvgIpc) is 2.66. The molecule has 1 amide bonds. The molecule has 0 saturated heterocycles. The summed E-state index contributed by atoms with van der Waals surface area (Å²) in [4.78, 5) is 18.1. The van der Waals surface area contributed by atoms with Gasteiger partial charge < -0.3 is 9.47 Å². The van der Waals surface area contributed by atoms with Gasteiger partial charge >= 0.3 is 0 Å². The number of aromatic nitrogens is 2. The molecule has 0 fully saturated rings. The van der Waals surface area contributed by atoms with Crippen molar-refractivity contribution in [2.24, 2.45) is 0 Å². The van der Waals surface area contributed by atoms with Gasteiger partial charge in [0.1, 0.15) is 0 Å². The van der Waals surface area contributed by atoms with Crippen LogP contribution in [0.1, 0.15) is 31.9 Å². The minimum atomic E-state index is 0.212.